The van der Waals surface area contributed by atoms with Crippen molar-refractivity contribution in [3.05, 3.63) is 28.2 Å². The standard InChI is InChI=1S/C17H23ClN4O3/c1-9(25-10-5-6-19-7-10)13-11(16(23)24)8-20-15-12(17(2,3)4)14(18)21-22(13)15/h8-10,19H,5-7H2,1-4H3,(H,23,24)/t9-,10+/m0/s1. The first-order valence-corrected chi connectivity index (χ1v) is 8.75. The van der Waals surface area contributed by atoms with Crippen LogP contribution in [0.4, 0.5) is 0 Å². The van der Waals surface area contributed by atoms with Crippen LogP contribution in [-0.4, -0.2) is 44.9 Å². The summed E-state index contributed by atoms with van der Waals surface area (Å²) in [6.07, 6.45) is 1.86. The van der Waals surface area contributed by atoms with Crippen molar-refractivity contribution < 1.29 is 14.6 Å². The number of halogens is 1. The lowest BCUT2D eigenvalue weighted by Crippen LogP contribution is -2.22. The molecule has 2 N–H and O–H groups in total. The molecule has 136 valence electrons. The summed E-state index contributed by atoms with van der Waals surface area (Å²) in [5.41, 5.74) is 1.62. The molecule has 2 aromatic heterocycles. The predicted molar refractivity (Wildman–Crippen MR) is 94.4 cm³/mol. The van der Waals surface area contributed by atoms with Gasteiger partial charge < -0.3 is 15.2 Å². The van der Waals surface area contributed by atoms with Crippen molar-refractivity contribution in [2.45, 2.75) is 51.7 Å². The first-order valence-electron chi connectivity index (χ1n) is 8.37. The molecular formula is C17H23ClN4O3. The number of hydrogen-bond donors (Lipinski definition) is 2. The zero-order chi connectivity index (χ0) is 18.4. The molecule has 0 aromatic carbocycles. The monoisotopic (exact) mass is 366 g/mol. The number of hydrogen-bond acceptors (Lipinski definition) is 5. The Morgan fingerprint density at radius 1 is 1.52 bits per heavy atom. The lowest BCUT2D eigenvalue weighted by molar-refractivity contribution is 0.00394. The normalized spacial score (nSPS) is 19.5. The number of nitrogens with zero attached hydrogens (tertiary/aromatic N) is 3. The summed E-state index contributed by atoms with van der Waals surface area (Å²) in [4.78, 5) is 16.0. The molecule has 7 nitrogen and oxygen atoms in total. The van der Waals surface area contributed by atoms with E-state index in [1.54, 1.807) is 0 Å². The van der Waals surface area contributed by atoms with Crippen LogP contribution in [0.3, 0.4) is 0 Å². The molecule has 0 radical (unpaired) electrons. The molecular weight excluding hydrogens is 344 g/mol. The fraction of sp³-hybridized carbons (Fsp3) is 0.588. The Bertz CT molecular complexity index is 806. The van der Waals surface area contributed by atoms with E-state index in [4.69, 9.17) is 16.3 Å². The summed E-state index contributed by atoms with van der Waals surface area (Å²) < 4.78 is 7.60. The van der Waals surface area contributed by atoms with E-state index in [0.717, 1.165) is 25.1 Å². The van der Waals surface area contributed by atoms with E-state index in [0.29, 0.717) is 16.5 Å². The van der Waals surface area contributed by atoms with Gasteiger partial charge in [0.05, 0.1) is 17.9 Å². The van der Waals surface area contributed by atoms with E-state index < -0.39 is 12.1 Å². The fourth-order valence-corrected chi connectivity index (χ4v) is 3.72. The second kappa shape index (κ2) is 6.55. The topological polar surface area (TPSA) is 88.8 Å². The second-order valence-corrected chi connectivity index (χ2v) is 7.76. The quantitative estimate of drug-likeness (QED) is 0.864. The van der Waals surface area contributed by atoms with Crippen LogP contribution in [0, 0.1) is 0 Å². The highest BCUT2D eigenvalue weighted by molar-refractivity contribution is 6.30. The Balaban J connectivity index is 2.16. The van der Waals surface area contributed by atoms with Crippen molar-refractivity contribution in [3.8, 4) is 0 Å². The van der Waals surface area contributed by atoms with Crippen LogP contribution in [0.1, 0.15) is 61.8 Å². The molecule has 3 rings (SSSR count). The number of carbonyl (C=O) groups is 1. The third-order valence-electron chi connectivity index (χ3n) is 4.42. The lowest BCUT2D eigenvalue weighted by atomic mass is 9.89. The van der Waals surface area contributed by atoms with Crippen LogP contribution in [0.15, 0.2) is 6.20 Å². The number of nitrogens with one attached hydrogen (secondary N) is 1. The fourth-order valence-electron chi connectivity index (χ4n) is 3.27. The van der Waals surface area contributed by atoms with Crippen molar-refractivity contribution in [3.63, 3.8) is 0 Å². The molecule has 0 unspecified atom stereocenters. The number of aromatic carboxylic acids is 1. The Kier molecular flexibility index (Phi) is 4.74. The molecule has 3 heterocycles. The minimum Gasteiger partial charge on any atom is -0.478 e. The van der Waals surface area contributed by atoms with Crippen LogP contribution in [-0.2, 0) is 10.2 Å². The lowest BCUT2D eigenvalue weighted by Gasteiger charge is -2.21. The number of ether oxygens (including phenoxy) is 1. The number of rotatable bonds is 4. The highest BCUT2D eigenvalue weighted by Gasteiger charge is 2.30. The zero-order valence-electron chi connectivity index (χ0n) is 14.8. The van der Waals surface area contributed by atoms with Gasteiger partial charge in [-0.15, -0.1) is 0 Å². The number of aromatic nitrogens is 3. The molecule has 2 atom stereocenters. The van der Waals surface area contributed by atoms with E-state index >= 15 is 0 Å². The Morgan fingerprint density at radius 3 is 2.80 bits per heavy atom. The van der Waals surface area contributed by atoms with Gasteiger partial charge in [-0.3, -0.25) is 0 Å². The third kappa shape index (κ3) is 3.36. The molecule has 8 heteroatoms. The van der Waals surface area contributed by atoms with Gasteiger partial charge in [0.15, 0.2) is 10.8 Å². The van der Waals surface area contributed by atoms with E-state index in [2.05, 4.69) is 15.4 Å². The van der Waals surface area contributed by atoms with Gasteiger partial charge in [-0.1, -0.05) is 32.4 Å². The van der Waals surface area contributed by atoms with Gasteiger partial charge in [0.1, 0.15) is 5.56 Å². The van der Waals surface area contributed by atoms with Gasteiger partial charge in [-0.05, 0) is 25.3 Å². The maximum atomic E-state index is 11.7. The van der Waals surface area contributed by atoms with Gasteiger partial charge in [-0.25, -0.2) is 14.3 Å². The predicted octanol–water partition coefficient (Wildman–Crippen LogP) is 2.82. The molecule has 0 saturated carbocycles. The molecule has 1 fully saturated rings. The van der Waals surface area contributed by atoms with Crippen molar-refractivity contribution >= 4 is 23.2 Å². The molecule has 25 heavy (non-hydrogen) atoms. The van der Waals surface area contributed by atoms with Gasteiger partial charge in [0.2, 0.25) is 0 Å². The number of fused-ring (bicyclic) bond motifs is 1. The molecule has 1 saturated heterocycles. The summed E-state index contributed by atoms with van der Waals surface area (Å²) in [6.45, 7) is 9.56. The summed E-state index contributed by atoms with van der Waals surface area (Å²) in [7, 11) is 0. The van der Waals surface area contributed by atoms with Crippen molar-refractivity contribution in [1.29, 1.82) is 0 Å². The highest BCUT2D eigenvalue weighted by atomic mass is 35.5. The summed E-state index contributed by atoms with van der Waals surface area (Å²) in [5.74, 6) is -1.06. The minimum absolute atomic E-state index is 0.0491. The molecule has 0 spiro atoms. The van der Waals surface area contributed by atoms with Crippen LogP contribution < -0.4 is 5.32 Å². The van der Waals surface area contributed by atoms with Crippen molar-refractivity contribution in [2.75, 3.05) is 13.1 Å². The average Bonchev–Trinajstić information content (AvgIpc) is 3.10. The van der Waals surface area contributed by atoms with Crippen molar-refractivity contribution in [1.82, 2.24) is 19.9 Å². The SMILES string of the molecule is C[C@H](O[C@@H]1CCNC1)c1c(C(=O)O)cnc2c(C(C)(C)C)c(Cl)nn12. The Hall–Kier alpha value is -1.70. The van der Waals surface area contributed by atoms with Gasteiger partial charge in [0.25, 0.3) is 0 Å². The van der Waals surface area contributed by atoms with E-state index in [9.17, 15) is 9.90 Å². The molecule has 0 bridgehead atoms. The van der Waals surface area contributed by atoms with Crippen LogP contribution in [0.2, 0.25) is 5.15 Å². The maximum Gasteiger partial charge on any atom is 0.339 e. The highest BCUT2D eigenvalue weighted by Crippen LogP contribution is 2.34. The van der Waals surface area contributed by atoms with Crippen LogP contribution in [0.25, 0.3) is 5.65 Å². The summed E-state index contributed by atoms with van der Waals surface area (Å²) in [6, 6.07) is 0. The molecule has 0 amide bonds. The van der Waals surface area contributed by atoms with E-state index in [-0.39, 0.29) is 17.1 Å². The van der Waals surface area contributed by atoms with E-state index in [1.165, 1.54) is 10.7 Å². The Labute approximate surface area is 151 Å². The third-order valence-corrected chi connectivity index (χ3v) is 4.68. The first-order chi connectivity index (χ1) is 11.7. The number of carboxylic acid groups (broad SMARTS) is 1. The largest absolute Gasteiger partial charge is 0.478 e. The van der Waals surface area contributed by atoms with Crippen molar-refractivity contribution in [2.24, 2.45) is 0 Å². The van der Waals surface area contributed by atoms with Gasteiger partial charge in [-0.2, -0.15) is 5.10 Å². The molecule has 2 aromatic rings. The zero-order valence-corrected chi connectivity index (χ0v) is 15.6. The van der Waals surface area contributed by atoms with Crippen LogP contribution in [0.5, 0.6) is 0 Å². The molecule has 1 aliphatic rings. The first kappa shape index (κ1) is 18.1. The second-order valence-electron chi connectivity index (χ2n) is 7.41. The van der Waals surface area contributed by atoms with E-state index in [1.807, 2.05) is 27.7 Å². The van der Waals surface area contributed by atoms with Crippen LogP contribution >= 0.6 is 11.6 Å². The minimum atomic E-state index is -1.06. The average molecular weight is 367 g/mol. The summed E-state index contributed by atoms with van der Waals surface area (Å²) >= 11 is 6.36. The molecule has 1 aliphatic heterocycles. The number of carboxylic acids is 1. The molecule has 0 aliphatic carbocycles. The maximum absolute atomic E-state index is 11.7. The summed E-state index contributed by atoms with van der Waals surface area (Å²) in [5, 5.41) is 17.5. The smallest absolute Gasteiger partial charge is 0.339 e. The van der Waals surface area contributed by atoms with Gasteiger partial charge >= 0.3 is 5.97 Å². The Morgan fingerprint density at radius 2 is 2.24 bits per heavy atom. The van der Waals surface area contributed by atoms with Gasteiger partial charge in [0, 0.05) is 18.3 Å².